The van der Waals surface area contributed by atoms with Gasteiger partial charge in [-0.1, -0.05) is 11.6 Å². The minimum Gasteiger partial charge on any atom is -0.481 e. The highest BCUT2D eigenvalue weighted by molar-refractivity contribution is 7.15. The summed E-state index contributed by atoms with van der Waals surface area (Å²) in [5.41, 5.74) is 0.910. The number of nitrogens with zero attached hydrogens (tertiary/aromatic N) is 1. The van der Waals surface area contributed by atoms with Crippen molar-refractivity contribution in [3.05, 3.63) is 39.9 Å². The SMILES string of the molecule is Cc1cnc(NC(=O)[C@@H](C)Oc2ccc(Cl)c(C)c2)s1. The average Bonchev–Trinajstić information content (AvgIpc) is 2.79. The summed E-state index contributed by atoms with van der Waals surface area (Å²) < 4.78 is 5.60. The molecule has 6 heteroatoms. The lowest BCUT2D eigenvalue weighted by atomic mass is 10.2. The molecule has 106 valence electrons. The van der Waals surface area contributed by atoms with E-state index in [1.807, 2.05) is 13.8 Å². The van der Waals surface area contributed by atoms with Crippen LogP contribution in [0.1, 0.15) is 17.4 Å². The largest absolute Gasteiger partial charge is 0.481 e. The normalized spacial score (nSPS) is 12.0. The molecule has 20 heavy (non-hydrogen) atoms. The molecular weight excluding hydrogens is 296 g/mol. The van der Waals surface area contributed by atoms with Crippen LogP contribution < -0.4 is 10.1 Å². The minimum atomic E-state index is -0.611. The molecule has 2 aromatic rings. The quantitative estimate of drug-likeness (QED) is 0.934. The molecule has 0 aliphatic heterocycles. The maximum atomic E-state index is 12.0. The van der Waals surface area contributed by atoms with Crippen LogP contribution in [0.5, 0.6) is 5.75 Å². The lowest BCUT2D eigenvalue weighted by molar-refractivity contribution is -0.122. The van der Waals surface area contributed by atoms with Crippen molar-refractivity contribution in [2.24, 2.45) is 0 Å². The number of hydrogen-bond acceptors (Lipinski definition) is 4. The predicted molar refractivity (Wildman–Crippen MR) is 81.8 cm³/mol. The van der Waals surface area contributed by atoms with Crippen LogP contribution in [-0.2, 0) is 4.79 Å². The lowest BCUT2D eigenvalue weighted by Gasteiger charge is -2.14. The summed E-state index contributed by atoms with van der Waals surface area (Å²) in [6.45, 7) is 5.52. The number of carbonyl (C=O) groups excluding carboxylic acids is 1. The highest BCUT2D eigenvalue weighted by Crippen LogP contribution is 2.22. The van der Waals surface area contributed by atoms with Crippen LogP contribution in [-0.4, -0.2) is 17.0 Å². The second kappa shape index (κ2) is 6.24. The van der Waals surface area contributed by atoms with Gasteiger partial charge in [-0.3, -0.25) is 10.1 Å². The number of thiazole rings is 1. The summed E-state index contributed by atoms with van der Waals surface area (Å²) in [5, 5.41) is 3.98. The molecular formula is C14H15ClN2O2S. The number of anilines is 1. The Morgan fingerprint density at radius 1 is 1.45 bits per heavy atom. The van der Waals surface area contributed by atoms with Crippen LogP contribution in [0.3, 0.4) is 0 Å². The van der Waals surface area contributed by atoms with Crippen molar-refractivity contribution in [1.29, 1.82) is 0 Å². The van der Waals surface area contributed by atoms with Gasteiger partial charge in [-0.25, -0.2) is 4.98 Å². The molecule has 0 bridgehead atoms. The van der Waals surface area contributed by atoms with Crippen LogP contribution in [0.4, 0.5) is 5.13 Å². The van der Waals surface area contributed by atoms with Crippen molar-refractivity contribution < 1.29 is 9.53 Å². The third-order valence-corrected chi connectivity index (χ3v) is 3.92. The molecule has 1 aromatic carbocycles. The Labute approximate surface area is 126 Å². The molecule has 0 aliphatic carbocycles. The molecule has 1 aromatic heterocycles. The number of rotatable bonds is 4. The van der Waals surface area contributed by atoms with Gasteiger partial charge in [-0.05, 0) is 44.5 Å². The fourth-order valence-electron chi connectivity index (χ4n) is 1.57. The molecule has 0 radical (unpaired) electrons. The molecule has 1 atom stereocenters. The van der Waals surface area contributed by atoms with E-state index >= 15 is 0 Å². The zero-order valence-electron chi connectivity index (χ0n) is 11.4. The van der Waals surface area contributed by atoms with Crippen LogP contribution in [0.2, 0.25) is 5.02 Å². The summed E-state index contributed by atoms with van der Waals surface area (Å²) >= 11 is 7.38. The van der Waals surface area contributed by atoms with E-state index in [-0.39, 0.29) is 5.91 Å². The van der Waals surface area contributed by atoms with Crippen molar-refractivity contribution in [3.8, 4) is 5.75 Å². The van der Waals surface area contributed by atoms with Gasteiger partial charge in [-0.2, -0.15) is 0 Å². The highest BCUT2D eigenvalue weighted by Gasteiger charge is 2.16. The van der Waals surface area contributed by atoms with E-state index in [0.29, 0.717) is 15.9 Å². The Bertz CT molecular complexity index is 627. The summed E-state index contributed by atoms with van der Waals surface area (Å²) in [6, 6.07) is 5.30. The van der Waals surface area contributed by atoms with Crippen molar-refractivity contribution in [2.75, 3.05) is 5.32 Å². The Balaban J connectivity index is 1.98. The Hall–Kier alpha value is -1.59. The van der Waals surface area contributed by atoms with E-state index in [4.69, 9.17) is 16.3 Å². The monoisotopic (exact) mass is 310 g/mol. The maximum Gasteiger partial charge on any atom is 0.266 e. The van der Waals surface area contributed by atoms with Crippen LogP contribution in [0, 0.1) is 13.8 Å². The van der Waals surface area contributed by atoms with E-state index in [1.165, 1.54) is 11.3 Å². The molecule has 2 rings (SSSR count). The number of carbonyl (C=O) groups is 1. The number of nitrogens with one attached hydrogen (secondary N) is 1. The number of aromatic nitrogens is 1. The molecule has 1 amide bonds. The molecule has 0 aliphatic rings. The van der Waals surface area contributed by atoms with Gasteiger partial charge in [0.05, 0.1) is 0 Å². The van der Waals surface area contributed by atoms with E-state index in [2.05, 4.69) is 10.3 Å². The summed E-state index contributed by atoms with van der Waals surface area (Å²) in [4.78, 5) is 17.1. The minimum absolute atomic E-state index is 0.230. The summed E-state index contributed by atoms with van der Waals surface area (Å²) in [7, 11) is 0. The van der Waals surface area contributed by atoms with Crippen molar-refractivity contribution in [1.82, 2.24) is 4.98 Å². The third kappa shape index (κ3) is 3.71. The lowest BCUT2D eigenvalue weighted by Crippen LogP contribution is -2.30. The molecule has 0 saturated carbocycles. The molecule has 0 spiro atoms. The first kappa shape index (κ1) is 14.8. The van der Waals surface area contributed by atoms with Gasteiger partial charge in [0.25, 0.3) is 5.91 Å². The number of hydrogen-bond donors (Lipinski definition) is 1. The first-order valence-corrected chi connectivity index (χ1v) is 7.31. The number of amides is 1. The smallest absolute Gasteiger partial charge is 0.266 e. The number of ether oxygens (including phenoxy) is 1. The van der Waals surface area contributed by atoms with Crippen molar-refractivity contribution in [2.45, 2.75) is 26.9 Å². The third-order valence-electron chi connectivity index (χ3n) is 2.66. The number of benzene rings is 1. The van der Waals surface area contributed by atoms with Gasteiger partial charge in [-0.15, -0.1) is 11.3 Å². The van der Waals surface area contributed by atoms with E-state index in [9.17, 15) is 4.79 Å². The summed E-state index contributed by atoms with van der Waals surface area (Å²) in [6.07, 6.45) is 1.11. The second-order valence-corrected chi connectivity index (χ2v) is 6.08. The van der Waals surface area contributed by atoms with Gasteiger partial charge in [0.15, 0.2) is 11.2 Å². The highest BCUT2D eigenvalue weighted by atomic mass is 35.5. The summed E-state index contributed by atoms with van der Waals surface area (Å²) in [5.74, 6) is 0.386. The van der Waals surface area contributed by atoms with Gasteiger partial charge in [0, 0.05) is 16.1 Å². The topological polar surface area (TPSA) is 51.2 Å². The van der Waals surface area contributed by atoms with Crippen LogP contribution >= 0.6 is 22.9 Å². The maximum absolute atomic E-state index is 12.0. The second-order valence-electron chi connectivity index (χ2n) is 4.44. The van der Waals surface area contributed by atoms with Crippen LogP contribution in [0.15, 0.2) is 24.4 Å². The number of halogens is 1. The molecule has 4 nitrogen and oxygen atoms in total. The zero-order valence-corrected chi connectivity index (χ0v) is 13.0. The van der Waals surface area contributed by atoms with Gasteiger partial charge in [0.2, 0.25) is 0 Å². The number of aryl methyl sites for hydroxylation is 2. The van der Waals surface area contributed by atoms with Crippen molar-refractivity contribution in [3.63, 3.8) is 0 Å². The Morgan fingerprint density at radius 3 is 2.80 bits per heavy atom. The zero-order chi connectivity index (χ0) is 14.7. The van der Waals surface area contributed by atoms with Crippen LogP contribution in [0.25, 0.3) is 0 Å². The molecule has 1 N–H and O–H groups in total. The fourth-order valence-corrected chi connectivity index (χ4v) is 2.35. The van der Waals surface area contributed by atoms with Gasteiger partial charge >= 0.3 is 0 Å². The fraction of sp³-hybridized carbons (Fsp3) is 0.286. The first-order chi connectivity index (χ1) is 9.45. The molecule has 0 saturated heterocycles. The van der Waals surface area contributed by atoms with Gasteiger partial charge in [0.1, 0.15) is 5.75 Å². The molecule has 1 heterocycles. The average molecular weight is 311 g/mol. The van der Waals surface area contributed by atoms with E-state index < -0.39 is 6.10 Å². The van der Waals surface area contributed by atoms with E-state index in [1.54, 1.807) is 31.3 Å². The first-order valence-electron chi connectivity index (χ1n) is 6.12. The van der Waals surface area contributed by atoms with E-state index in [0.717, 1.165) is 10.4 Å². The Kier molecular flexibility index (Phi) is 4.62. The molecule has 0 unspecified atom stereocenters. The molecule has 0 fully saturated rings. The van der Waals surface area contributed by atoms with Gasteiger partial charge < -0.3 is 4.74 Å². The van der Waals surface area contributed by atoms with Crippen molar-refractivity contribution >= 4 is 34.0 Å². The predicted octanol–water partition coefficient (Wildman–Crippen LogP) is 3.82. The Morgan fingerprint density at radius 2 is 2.20 bits per heavy atom. The standard InChI is InChI=1S/C14H15ClN2O2S/c1-8-6-11(4-5-12(8)15)19-10(3)13(18)17-14-16-7-9(2)20-14/h4-7,10H,1-3H3,(H,16,17,18)/t10-/m1/s1.